The third kappa shape index (κ3) is 4.74. The van der Waals surface area contributed by atoms with Gasteiger partial charge in [-0.25, -0.2) is 8.78 Å². The van der Waals surface area contributed by atoms with Gasteiger partial charge in [0.15, 0.2) is 0 Å². The molecule has 0 radical (unpaired) electrons. The second-order valence-electron chi connectivity index (χ2n) is 4.38. The molecule has 0 bridgehead atoms. The molecule has 130 valence electrons. The van der Waals surface area contributed by atoms with Gasteiger partial charge in [0, 0.05) is 11.1 Å². The molecule has 0 spiro atoms. The summed E-state index contributed by atoms with van der Waals surface area (Å²) < 4.78 is 108. The van der Waals surface area contributed by atoms with Gasteiger partial charge in [0.2, 0.25) is 0 Å². The van der Waals surface area contributed by atoms with Crippen molar-refractivity contribution in [2.24, 2.45) is 0 Å². The number of halogens is 8. The largest absolute Gasteiger partial charge is 0.573 e. The number of benzene rings is 2. The first-order valence-electron chi connectivity index (χ1n) is 6.05. The van der Waals surface area contributed by atoms with Crippen LogP contribution in [-0.4, -0.2) is 12.7 Å². The van der Waals surface area contributed by atoms with Crippen LogP contribution in [0.15, 0.2) is 36.4 Å². The summed E-state index contributed by atoms with van der Waals surface area (Å²) in [5.74, 6) is -4.16. The molecule has 0 aromatic heterocycles. The summed E-state index contributed by atoms with van der Waals surface area (Å²) in [6, 6.07) is 3.27. The van der Waals surface area contributed by atoms with E-state index in [4.69, 9.17) is 0 Å². The van der Waals surface area contributed by atoms with Crippen molar-refractivity contribution in [1.82, 2.24) is 0 Å². The van der Waals surface area contributed by atoms with Gasteiger partial charge in [-0.1, -0.05) is 0 Å². The molecule has 2 nitrogen and oxygen atoms in total. The Kier molecular flexibility index (Phi) is 4.59. The average molecular weight is 358 g/mol. The molecule has 0 saturated carbocycles. The quantitative estimate of drug-likeness (QED) is 0.682. The SMILES string of the molecule is Fc1ccc(OC(F)(F)F)c(-c2cc(F)ccc2OC(F)(F)F)c1. The average Bonchev–Trinajstić information content (AvgIpc) is 2.40. The van der Waals surface area contributed by atoms with Gasteiger partial charge in [-0.05, 0) is 36.4 Å². The highest BCUT2D eigenvalue weighted by Gasteiger charge is 2.35. The van der Waals surface area contributed by atoms with Crippen LogP contribution in [0.2, 0.25) is 0 Å². The summed E-state index contributed by atoms with van der Waals surface area (Å²) in [5.41, 5.74) is -1.52. The van der Waals surface area contributed by atoms with E-state index >= 15 is 0 Å². The Morgan fingerprint density at radius 2 is 0.917 bits per heavy atom. The van der Waals surface area contributed by atoms with E-state index in [0.29, 0.717) is 36.4 Å². The first-order valence-corrected chi connectivity index (χ1v) is 6.05. The van der Waals surface area contributed by atoms with Gasteiger partial charge in [-0.15, -0.1) is 26.3 Å². The minimum atomic E-state index is -5.19. The Morgan fingerprint density at radius 3 is 1.21 bits per heavy atom. The van der Waals surface area contributed by atoms with E-state index in [0.717, 1.165) is 0 Å². The lowest BCUT2D eigenvalue weighted by Crippen LogP contribution is -2.19. The standard InChI is InChI=1S/C14H6F8O2/c15-7-1-3-11(23-13(17,18)19)9(5-7)10-6-8(16)2-4-12(10)24-14(20,21)22/h1-6H. The van der Waals surface area contributed by atoms with Crippen molar-refractivity contribution < 1.29 is 44.6 Å². The molecule has 0 aliphatic heterocycles. The number of hydrogen-bond donors (Lipinski definition) is 0. The molecule has 24 heavy (non-hydrogen) atoms. The highest BCUT2D eigenvalue weighted by Crippen LogP contribution is 2.41. The van der Waals surface area contributed by atoms with Crippen molar-refractivity contribution in [3.8, 4) is 22.6 Å². The van der Waals surface area contributed by atoms with Gasteiger partial charge in [0.1, 0.15) is 23.1 Å². The third-order valence-electron chi connectivity index (χ3n) is 2.62. The molecule has 0 saturated heterocycles. The molecule has 0 fully saturated rings. The molecule has 0 aliphatic rings. The molecule has 2 rings (SSSR count). The summed E-state index contributed by atoms with van der Waals surface area (Å²) in [5, 5.41) is 0. The summed E-state index contributed by atoms with van der Waals surface area (Å²) in [4.78, 5) is 0. The van der Waals surface area contributed by atoms with Crippen LogP contribution in [0.3, 0.4) is 0 Å². The van der Waals surface area contributed by atoms with Gasteiger partial charge >= 0.3 is 12.7 Å². The Labute approximate surface area is 129 Å². The Balaban J connectivity index is 2.62. The molecule has 2 aromatic carbocycles. The Hall–Kier alpha value is -2.52. The summed E-state index contributed by atoms with van der Waals surface area (Å²) >= 11 is 0. The first-order chi connectivity index (χ1) is 10.9. The minimum absolute atomic E-state index is 0.471. The maximum atomic E-state index is 13.3. The van der Waals surface area contributed by atoms with Gasteiger partial charge < -0.3 is 9.47 Å². The molecule has 2 aromatic rings. The van der Waals surface area contributed by atoms with Crippen LogP contribution in [0.4, 0.5) is 35.1 Å². The summed E-state index contributed by atoms with van der Waals surface area (Å²) in [7, 11) is 0. The van der Waals surface area contributed by atoms with Crippen molar-refractivity contribution >= 4 is 0 Å². The molecular formula is C14H6F8O2. The van der Waals surface area contributed by atoms with E-state index in [1.54, 1.807) is 0 Å². The topological polar surface area (TPSA) is 18.5 Å². The minimum Gasteiger partial charge on any atom is -0.405 e. The predicted octanol–water partition coefficient (Wildman–Crippen LogP) is 5.43. The van der Waals surface area contributed by atoms with Gasteiger partial charge in [0.25, 0.3) is 0 Å². The van der Waals surface area contributed by atoms with Crippen molar-refractivity contribution in [3.05, 3.63) is 48.0 Å². The fourth-order valence-electron chi connectivity index (χ4n) is 1.85. The third-order valence-corrected chi connectivity index (χ3v) is 2.62. The molecular weight excluding hydrogens is 352 g/mol. The van der Waals surface area contributed by atoms with Crippen molar-refractivity contribution in [3.63, 3.8) is 0 Å². The normalized spacial score (nSPS) is 12.2. The zero-order valence-corrected chi connectivity index (χ0v) is 11.3. The smallest absolute Gasteiger partial charge is 0.405 e. The summed E-state index contributed by atoms with van der Waals surface area (Å²) in [6.07, 6.45) is -10.4. The van der Waals surface area contributed by atoms with Crippen LogP contribution in [0, 0.1) is 11.6 Å². The molecule has 0 unspecified atom stereocenters. The van der Waals surface area contributed by atoms with E-state index in [9.17, 15) is 35.1 Å². The lowest BCUT2D eigenvalue weighted by molar-refractivity contribution is -0.276. The molecule has 0 aliphatic carbocycles. The van der Waals surface area contributed by atoms with E-state index in [-0.39, 0.29) is 0 Å². The van der Waals surface area contributed by atoms with Crippen LogP contribution in [0.25, 0.3) is 11.1 Å². The maximum Gasteiger partial charge on any atom is 0.573 e. The molecule has 10 heteroatoms. The van der Waals surface area contributed by atoms with E-state index in [1.807, 2.05) is 0 Å². The van der Waals surface area contributed by atoms with E-state index in [2.05, 4.69) is 9.47 Å². The monoisotopic (exact) mass is 358 g/mol. The van der Waals surface area contributed by atoms with Crippen molar-refractivity contribution in [2.75, 3.05) is 0 Å². The zero-order valence-electron chi connectivity index (χ0n) is 11.3. The van der Waals surface area contributed by atoms with Gasteiger partial charge in [-0.2, -0.15) is 0 Å². The zero-order chi connectivity index (χ0) is 18.1. The second-order valence-corrected chi connectivity index (χ2v) is 4.38. The number of ether oxygens (including phenoxy) is 2. The first kappa shape index (κ1) is 17.8. The number of rotatable bonds is 3. The van der Waals surface area contributed by atoms with Crippen LogP contribution < -0.4 is 9.47 Å². The van der Waals surface area contributed by atoms with Crippen LogP contribution in [0.1, 0.15) is 0 Å². The van der Waals surface area contributed by atoms with Gasteiger partial charge in [-0.3, -0.25) is 0 Å². The second kappa shape index (κ2) is 6.17. The molecule has 0 atom stereocenters. The predicted molar refractivity (Wildman–Crippen MR) is 65.2 cm³/mol. The fraction of sp³-hybridized carbons (Fsp3) is 0.143. The number of hydrogen-bond acceptors (Lipinski definition) is 2. The Morgan fingerprint density at radius 1 is 0.583 bits per heavy atom. The van der Waals surface area contributed by atoms with Crippen LogP contribution in [0.5, 0.6) is 11.5 Å². The van der Waals surface area contributed by atoms with Gasteiger partial charge in [0.05, 0.1) is 0 Å². The van der Waals surface area contributed by atoms with E-state index < -0.39 is 47.0 Å². The molecule has 0 N–H and O–H groups in total. The van der Waals surface area contributed by atoms with Crippen LogP contribution >= 0.6 is 0 Å². The van der Waals surface area contributed by atoms with Crippen LogP contribution in [-0.2, 0) is 0 Å². The lowest BCUT2D eigenvalue weighted by Gasteiger charge is -2.17. The maximum absolute atomic E-state index is 13.3. The highest BCUT2D eigenvalue weighted by atomic mass is 19.4. The van der Waals surface area contributed by atoms with Crippen molar-refractivity contribution in [2.45, 2.75) is 12.7 Å². The summed E-state index contributed by atoms with van der Waals surface area (Å²) in [6.45, 7) is 0. The number of alkyl halides is 6. The molecule has 0 amide bonds. The fourth-order valence-corrected chi connectivity index (χ4v) is 1.85. The molecule has 0 heterocycles. The van der Waals surface area contributed by atoms with Crippen molar-refractivity contribution in [1.29, 1.82) is 0 Å². The Bertz CT molecular complexity index is 673. The lowest BCUT2D eigenvalue weighted by atomic mass is 10.0. The highest BCUT2D eigenvalue weighted by molar-refractivity contribution is 5.76. The van der Waals surface area contributed by atoms with E-state index in [1.165, 1.54) is 0 Å².